The van der Waals surface area contributed by atoms with Crippen molar-refractivity contribution in [2.45, 2.75) is 13.0 Å². The fourth-order valence-corrected chi connectivity index (χ4v) is 2.44. The topological polar surface area (TPSA) is 44.9 Å². The Kier molecular flexibility index (Phi) is 2.23. The van der Waals surface area contributed by atoms with E-state index in [4.69, 9.17) is 11.6 Å². The summed E-state index contributed by atoms with van der Waals surface area (Å²) in [6, 6.07) is 5.43. The number of pyridine rings is 1. The van der Waals surface area contributed by atoms with Crippen LogP contribution in [0.15, 0.2) is 23.0 Å². The largest absolute Gasteiger partial charge is 0.324 e. The van der Waals surface area contributed by atoms with Crippen LogP contribution in [0.2, 0.25) is 5.02 Å². The fraction of sp³-hybridized carbons (Fsp3) is 0.250. The zero-order valence-corrected chi connectivity index (χ0v) is 9.40. The number of H-pyrrole nitrogens is 1. The molecule has 0 saturated carbocycles. The molecule has 3 nitrogen and oxygen atoms in total. The predicted octanol–water partition coefficient (Wildman–Crippen LogP) is 1.83. The summed E-state index contributed by atoms with van der Waals surface area (Å²) in [4.78, 5) is 14.8. The van der Waals surface area contributed by atoms with Crippen LogP contribution in [0, 0.1) is 0 Å². The van der Waals surface area contributed by atoms with Crippen LogP contribution in [0.1, 0.15) is 11.3 Å². The molecule has 2 aromatic rings. The van der Waals surface area contributed by atoms with E-state index in [0.29, 0.717) is 5.02 Å². The molecule has 1 aromatic heterocycles. The van der Waals surface area contributed by atoms with Crippen LogP contribution < -0.4 is 10.9 Å². The van der Waals surface area contributed by atoms with Gasteiger partial charge in [-0.15, -0.1) is 0 Å². The van der Waals surface area contributed by atoms with Crippen LogP contribution in [0.3, 0.4) is 0 Å². The Morgan fingerprint density at radius 1 is 1.25 bits per heavy atom. The van der Waals surface area contributed by atoms with Gasteiger partial charge in [0, 0.05) is 22.6 Å². The molecular weight excluding hydrogens is 224 g/mol. The third-order valence-electron chi connectivity index (χ3n) is 3.03. The highest BCUT2D eigenvalue weighted by Gasteiger charge is 2.14. The van der Waals surface area contributed by atoms with Gasteiger partial charge in [-0.2, -0.15) is 0 Å². The molecular formula is C12H11ClN2O. The number of rotatable bonds is 0. The van der Waals surface area contributed by atoms with Gasteiger partial charge in [0.1, 0.15) is 0 Å². The number of hydrogen-bond acceptors (Lipinski definition) is 2. The number of hydrogen-bond donors (Lipinski definition) is 2. The van der Waals surface area contributed by atoms with Crippen molar-refractivity contribution in [3.63, 3.8) is 0 Å². The second-order valence-electron chi connectivity index (χ2n) is 4.03. The van der Waals surface area contributed by atoms with Gasteiger partial charge < -0.3 is 10.3 Å². The average Bonchev–Trinajstić information content (AvgIpc) is 2.29. The summed E-state index contributed by atoms with van der Waals surface area (Å²) in [7, 11) is 0. The molecule has 4 heteroatoms. The number of halogens is 1. The molecule has 3 rings (SSSR count). The predicted molar refractivity (Wildman–Crippen MR) is 65.0 cm³/mol. The molecule has 0 radical (unpaired) electrons. The lowest BCUT2D eigenvalue weighted by Gasteiger charge is -2.18. The second kappa shape index (κ2) is 3.61. The van der Waals surface area contributed by atoms with Crippen molar-refractivity contribution in [2.75, 3.05) is 6.54 Å². The number of nitrogens with one attached hydrogen (secondary N) is 2. The van der Waals surface area contributed by atoms with Crippen LogP contribution in [0.4, 0.5) is 0 Å². The van der Waals surface area contributed by atoms with Gasteiger partial charge in [-0.25, -0.2) is 0 Å². The average molecular weight is 235 g/mol. The van der Waals surface area contributed by atoms with E-state index >= 15 is 0 Å². The van der Waals surface area contributed by atoms with Crippen molar-refractivity contribution in [3.05, 3.63) is 44.8 Å². The maximum absolute atomic E-state index is 11.8. The molecule has 0 unspecified atom stereocenters. The SMILES string of the molecule is O=c1[nH]c2c(c3cc(Cl)ccc13)CCNC2. The number of aromatic nitrogens is 1. The normalized spacial score (nSPS) is 15.1. The van der Waals surface area contributed by atoms with Gasteiger partial charge in [-0.05, 0) is 42.1 Å². The molecule has 1 aliphatic heterocycles. The third kappa shape index (κ3) is 1.44. The van der Waals surface area contributed by atoms with Gasteiger partial charge in [0.15, 0.2) is 0 Å². The minimum atomic E-state index is -0.0332. The first-order chi connectivity index (χ1) is 7.75. The number of benzene rings is 1. The smallest absolute Gasteiger partial charge is 0.256 e. The van der Waals surface area contributed by atoms with E-state index in [2.05, 4.69) is 10.3 Å². The van der Waals surface area contributed by atoms with Crippen LogP contribution in [0.25, 0.3) is 10.8 Å². The summed E-state index contributed by atoms with van der Waals surface area (Å²) in [5.41, 5.74) is 2.18. The van der Waals surface area contributed by atoms with Gasteiger partial charge in [0.25, 0.3) is 5.56 Å². The molecule has 0 amide bonds. The molecule has 16 heavy (non-hydrogen) atoms. The van der Waals surface area contributed by atoms with Crippen LogP contribution >= 0.6 is 11.6 Å². The quantitative estimate of drug-likeness (QED) is 0.731. The van der Waals surface area contributed by atoms with E-state index < -0.39 is 0 Å². The molecule has 0 aliphatic carbocycles. The molecule has 82 valence electrons. The first kappa shape index (κ1) is 9.87. The third-order valence-corrected chi connectivity index (χ3v) is 3.27. The van der Waals surface area contributed by atoms with Crippen molar-refractivity contribution < 1.29 is 0 Å². The maximum atomic E-state index is 11.8. The molecule has 0 bridgehead atoms. The lowest BCUT2D eigenvalue weighted by molar-refractivity contribution is 0.629. The van der Waals surface area contributed by atoms with Crippen molar-refractivity contribution in [1.29, 1.82) is 0 Å². The molecule has 0 spiro atoms. The van der Waals surface area contributed by atoms with E-state index in [-0.39, 0.29) is 5.56 Å². The number of aromatic amines is 1. The zero-order valence-electron chi connectivity index (χ0n) is 8.64. The van der Waals surface area contributed by atoms with E-state index in [1.807, 2.05) is 6.07 Å². The van der Waals surface area contributed by atoms with Crippen LogP contribution in [-0.2, 0) is 13.0 Å². The van der Waals surface area contributed by atoms with Gasteiger partial charge in [-0.3, -0.25) is 4.79 Å². The van der Waals surface area contributed by atoms with E-state index in [1.165, 1.54) is 5.56 Å². The Hall–Kier alpha value is -1.32. The maximum Gasteiger partial charge on any atom is 0.256 e. The number of fused-ring (bicyclic) bond motifs is 3. The lowest BCUT2D eigenvalue weighted by atomic mass is 9.99. The minimum absolute atomic E-state index is 0.0332. The van der Waals surface area contributed by atoms with Crippen molar-refractivity contribution in [2.24, 2.45) is 0 Å². The van der Waals surface area contributed by atoms with Gasteiger partial charge in [-0.1, -0.05) is 11.6 Å². The Morgan fingerprint density at radius 3 is 3.00 bits per heavy atom. The zero-order chi connectivity index (χ0) is 11.1. The van der Waals surface area contributed by atoms with Crippen LogP contribution in [-0.4, -0.2) is 11.5 Å². The van der Waals surface area contributed by atoms with Crippen molar-refractivity contribution >= 4 is 22.4 Å². The van der Waals surface area contributed by atoms with Gasteiger partial charge in [0.05, 0.1) is 0 Å². The fourth-order valence-electron chi connectivity index (χ4n) is 2.27. The Bertz CT molecular complexity index is 618. The summed E-state index contributed by atoms with van der Waals surface area (Å²) in [5, 5.41) is 5.64. The highest BCUT2D eigenvalue weighted by atomic mass is 35.5. The van der Waals surface area contributed by atoms with Crippen molar-refractivity contribution in [3.8, 4) is 0 Å². The summed E-state index contributed by atoms with van der Waals surface area (Å²) in [6.45, 7) is 1.67. The Balaban J connectivity index is 2.44. The van der Waals surface area contributed by atoms with E-state index in [9.17, 15) is 4.79 Å². The molecule has 2 heterocycles. The standard InChI is InChI=1S/C12H11ClN2O/c13-7-1-2-9-10(5-7)8-3-4-14-6-11(8)15-12(9)16/h1-2,5,14H,3-4,6H2,(H,15,16). The molecule has 2 N–H and O–H groups in total. The molecule has 1 aromatic carbocycles. The Morgan fingerprint density at radius 2 is 2.12 bits per heavy atom. The van der Waals surface area contributed by atoms with Crippen LogP contribution in [0.5, 0.6) is 0 Å². The highest BCUT2D eigenvalue weighted by Crippen LogP contribution is 2.23. The lowest BCUT2D eigenvalue weighted by Crippen LogP contribution is -2.27. The molecule has 0 atom stereocenters. The van der Waals surface area contributed by atoms with Crippen molar-refractivity contribution in [1.82, 2.24) is 10.3 Å². The molecule has 0 fully saturated rings. The molecule has 0 saturated heterocycles. The molecule has 1 aliphatic rings. The second-order valence-corrected chi connectivity index (χ2v) is 4.46. The Labute approximate surface area is 97.4 Å². The summed E-state index contributed by atoms with van der Waals surface area (Å²) in [6.07, 6.45) is 0.933. The van der Waals surface area contributed by atoms with Gasteiger partial charge in [0.2, 0.25) is 0 Å². The summed E-state index contributed by atoms with van der Waals surface area (Å²) >= 11 is 5.99. The minimum Gasteiger partial charge on any atom is -0.324 e. The van der Waals surface area contributed by atoms with Gasteiger partial charge >= 0.3 is 0 Å². The monoisotopic (exact) mass is 234 g/mol. The van der Waals surface area contributed by atoms with E-state index in [1.54, 1.807) is 12.1 Å². The summed E-state index contributed by atoms with van der Waals surface area (Å²) in [5.74, 6) is 0. The first-order valence-corrected chi connectivity index (χ1v) is 5.67. The summed E-state index contributed by atoms with van der Waals surface area (Å²) < 4.78 is 0. The first-order valence-electron chi connectivity index (χ1n) is 5.30. The highest BCUT2D eigenvalue weighted by molar-refractivity contribution is 6.31. The van der Waals surface area contributed by atoms with E-state index in [0.717, 1.165) is 36.0 Å².